The molecule has 6 heteroatoms. The van der Waals surface area contributed by atoms with E-state index in [1.807, 2.05) is 27.7 Å². The number of carbonyl (C=O) groups is 2. The number of carboxylic acids is 2. The van der Waals surface area contributed by atoms with Crippen molar-refractivity contribution in [2.45, 2.75) is 40.5 Å². The molecule has 0 aliphatic rings. The Morgan fingerprint density at radius 2 is 1.47 bits per heavy atom. The molecule has 88 valence electrons. The number of hydrogen-bond donors (Lipinski definition) is 0. The molecule has 0 aromatic heterocycles. The zero-order valence-electron chi connectivity index (χ0n) is 11.7. The Morgan fingerprint density at radius 1 is 1.12 bits per heavy atom. The molecular formula is C11H18KLiO4. The van der Waals surface area contributed by atoms with Crippen molar-refractivity contribution in [3.05, 3.63) is 0 Å². The second-order valence-electron chi connectivity index (χ2n) is 4.90. The van der Waals surface area contributed by atoms with Crippen molar-refractivity contribution >= 4 is 11.9 Å². The number of rotatable bonds is 5. The van der Waals surface area contributed by atoms with Gasteiger partial charge in [0.05, 0.1) is 11.9 Å². The van der Waals surface area contributed by atoms with E-state index < -0.39 is 17.9 Å². The maximum Gasteiger partial charge on any atom is 1.00 e. The molecule has 1 unspecified atom stereocenters. The van der Waals surface area contributed by atoms with Crippen LogP contribution in [0.1, 0.15) is 40.5 Å². The van der Waals surface area contributed by atoms with Crippen LogP contribution < -0.4 is 80.5 Å². The van der Waals surface area contributed by atoms with E-state index in [0.717, 1.165) is 6.42 Å². The summed E-state index contributed by atoms with van der Waals surface area (Å²) in [5.41, 5.74) is -0.113. The van der Waals surface area contributed by atoms with Crippen molar-refractivity contribution in [2.75, 3.05) is 0 Å². The van der Waals surface area contributed by atoms with Gasteiger partial charge in [0.15, 0.2) is 0 Å². The van der Waals surface area contributed by atoms with Crippen molar-refractivity contribution in [3.8, 4) is 0 Å². The van der Waals surface area contributed by atoms with E-state index in [1.54, 1.807) is 0 Å². The van der Waals surface area contributed by atoms with Gasteiger partial charge < -0.3 is 19.8 Å². The predicted octanol–water partition coefficient (Wildman–Crippen LogP) is -6.43. The molecule has 17 heavy (non-hydrogen) atoms. The number of hydrogen-bond acceptors (Lipinski definition) is 4. The fraction of sp³-hybridized carbons (Fsp3) is 0.818. The van der Waals surface area contributed by atoms with Crippen LogP contribution in [0.3, 0.4) is 0 Å². The van der Waals surface area contributed by atoms with Crippen LogP contribution in [-0.2, 0) is 9.59 Å². The summed E-state index contributed by atoms with van der Waals surface area (Å²) >= 11 is 0. The molecule has 0 rings (SSSR count). The molecule has 4 nitrogen and oxygen atoms in total. The summed E-state index contributed by atoms with van der Waals surface area (Å²) in [5.74, 6) is -4.59. The summed E-state index contributed by atoms with van der Waals surface area (Å²) in [7, 11) is 0. The normalized spacial score (nSPS) is 12.3. The van der Waals surface area contributed by atoms with Crippen LogP contribution >= 0.6 is 0 Å². The van der Waals surface area contributed by atoms with Gasteiger partial charge in [0, 0.05) is 5.92 Å². The van der Waals surface area contributed by atoms with Crippen LogP contribution in [0, 0.1) is 17.3 Å². The summed E-state index contributed by atoms with van der Waals surface area (Å²) < 4.78 is 0. The zero-order chi connectivity index (χ0) is 12.2. The Balaban J connectivity index is -0.000000980. The van der Waals surface area contributed by atoms with Crippen molar-refractivity contribution in [2.24, 2.45) is 17.3 Å². The summed E-state index contributed by atoms with van der Waals surface area (Å²) in [4.78, 5) is 21.2. The first-order valence-electron chi connectivity index (χ1n) is 5.11. The van der Waals surface area contributed by atoms with Crippen LogP contribution in [0.2, 0.25) is 0 Å². The first-order chi connectivity index (χ1) is 6.70. The molecule has 1 atom stereocenters. The summed E-state index contributed by atoms with van der Waals surface area (Å²) in [5, 5.41) is 21.2. The van der Waals surface area contributed by atoms with Gasteiger partial charge in [-0.05, 0) is 17.8 Å². The molecule has 0 saturated carbocycles. The summed E-state index contributed by atoms with van der Waals surface area (Å²) in [6, 6.07) is 0. The van der Waals surface area contributed by atoms with Crippen molar-refractivity contribution < 1.29 is 90.0 Å². The Kier molecular flexibility index (Phi) is 13.7. The Labute approximate surface area is 158 Å². The molecule has 0 saturated heterocycles. The van der Waals surface area contributed by atoms with Gasteiger partial charge in [0.1, 0.15) is 0 Å². The van der Waals surface area contributed by atoms with Crippen LogP contribution in [0.4, 0.5) is 0 Å². The molecule has 0 amide bonds. The molecule has 0 N–H and O–H groups in total. The molecule has 0 aliphatic heterocycles. The Bertz CT molecular complexity index is 236. The van der Waals surface area contributed by atoms with Crippen LogP contribution in [0.15, 0.2) is 0 Å². The van der Waals surface area contributed by atoms with Gasteiger partial charge in [0.2, 0.25) is 0 Å². The van der Waals surface area contributed by atoms with E-state index in [-0.39, 0.29) is 88.0 Å². The van der Waals surface area contributed by atoms with Crippen LogP contribution in [0.25, 0.3) is 0 Å². The fourth-order valence-corrected chi connectivity index (χ4v) is 1.71. The molecule has 0 radical (unpaired) electrons. The third-order valence-corrected chi connectivity index (χ3v) is 2.81. The average molecular weight is 260 g/mol. The van der Waals surface area contributed by atoms with E-state index >= 15 is 0 Å². The van der Waals surface area contributed by atoms with Gasteiger partial charge >= 0.3 is 70.2 Å². The van der Waals surface area contributed by atoms with Crippen molar-refractivity contribution in [3.63, 3.8) is 0 Å². The summed E-state index contributed by atoms with van der Waals surface area (Å²) in [6.45, 7) is 7.80. The quantitative estimate of drug-likeness (QED) is 0.364. The molecule has 0 fully saturated rings. The molecule has 0 aromatic rings. The maximum absolute atomic E-state index is 10.6. The SMILES string of the molecule is CCC(CC(C(=O)[O-])C(=O)[O-])C(C)(C)C.[K+].[Li+]. The topological polar surface area (TPSA) is 80.3 Å². The molecular weight excluding hydrogens is 242 g/mol. The van der Waals surface area contributed by atoms with Gasteiger partial charge in [0.25, 0.3) is 0 Å². The second-order valence-corrected chi connectivity index (χ2v) is 4.90. The number of aliphatic carboxylic acids is 2. The first-order valence-corrected chi connectivity index (χ1v) is 5.11. The van der Waals surface area contributed by atoms with Gasteiger partial charge in [-0.3, -0.25) is 0 Å². The van der Waals surface area contributed by atoms with Gasteiger partial charge in [-0.25, -0.2) is 0 Å². The van der Waals surface area contributed by atoms with E-state index in [9.17, 15) is 19.8 Å². The smallest absolute Gasteiger partial charge is 0.549 e. The molecule has 0 heterocycles. The number of carboxylic acid groups (broad SMARTS) is 2. The van der Waals surface area contributed by atoms with E-state index in [2.05, 4.69) is 0 Å². The minimum Gasteiger partial charge on any atom is -0.549 e. The van der Waals surface area contributed by atoms with Gasteiger partial charge in [-0.15, -0.1) is 0 Å². The fourth-order valence-electron chi connectivity index (χ4n) is 1.71. The largest absolute Gasteiger partial charge is 1.00 e. The third-order valence-electron chi connectivity index (χ3n) is 2.81. The minimum atomic E-state index is -1.56. The number of carbonyl (C=O) groups excluding carboxylic acids is 2. The van der Waals surface area contributed by atoms with E-state index in [1.165, 1.54) is 0 Å². The standard InChI is InChI=1S/C11H20O4.K.Li/c1-5-7(11(2,3)4)6-8(9(12)13)10(14)15;;/h7-8H,5-6H2,1-4H3,(H,12,13)(H,14,15);;/q;2*+1/p-2. The van der Waals surface area contributed by atoms with Gasteiger partial charge in [-0.1, -0.05) is 34.1 Å². The van der Waals surface area contributed by atoms with Crippen LogP contribution in [-0.4, -0.2) is 11.9 Å². The molecule has 0 aliphatic carbocycles. The zero-order valence-corrected chi connectivity index (χ0v) is 14.8. The molecule has 0 spiro atoms. The summed E-state index contributed by atoms with van der Waals surface area (Å²) in [6.07, 6.45) is 0.811. The van der Waals surface area contributed by atoms with Gasteiger partial charge in [-0.2, -0.15) is 0 Å². The van der Waals surface area contributed by atoms with E-state index in [0.29, 0.717) is 0 Å². The second kappa shape index (κ2) is 10.0. The average Bonchev–Trinajstić information content (AvgIpc) is 2.01. The maximum atomic E-state index is 10.6. The molecule has 0 aromatic carbocycles. The Hall–Kier alpha value is 1.17. The first kappa shape index (κ1) is 23.3. The van der Waals surface area contributed by atoms with E-state index in [4.69, 9.17) is 0 Å². The monoisotopic (exact) mass is 260 g/mol. The minimum absolute atomic E-state index is 0. The molecule has 0 bridgehead atoms. The van der Waals surface area contributed by atoms with Crippen LogP contribution in [0.5, 0.6) is 0 Å². The van der Waals surface area contributed by atoms with Crippen molar-refractivity contribution in [1.29, 1.82) is 0 Å². The Morgan fingerprint density at radius 3 is 1.65 bits per heavy atom. The van der Waals surface area contributed by atoms with Crippen molar-refractivity contribution in [1.82, 2.24) is 0 Å². The third kappa shape index (κ3) is 8.82. The predicted molar refractivity (Wildman–Crippen MR) is 51.4 cm³/mol.